The Morgan fingerprint density at radius 3 is 2.23 bits per heavy atom. The monoisotopic (exact) mass is 525 g/mol. The molecular formula is C31H35N5O3. The lowest BCUT2D eigenvalue weighted by Crippen LogP contribution is -2.57. The van der Waals surface area contributed by atoms with E-state index in [1.54, 1.807) is 18.7 Å². The Kier molecular flexibility index (Phi) is 7.39. The number of imidazole rings is 1. The summed E-state index contributed by atoms with van der Waals surface area (Å²) >= 11 is 0. The van der Waals surface area contributed by atoms with Gasteiger partial charge >= 0.3 is 5.69 Å². The van der Waals surface area contributed by atoms with Gasteiger partial charge in [0.2, 0.25) is 11.8 Å². The van der Waals surface area contributed by atoms with Gasteiger partial charge in [0.25, 0.3) is 0 Å². The largest absolute Gasteiger partial charge is 0.342 e. The molecule has 0 spiro atoms. The summed E-state index contributed by atoms with van der Waals surface area (Å²) in [5.74, 6) is -0.508. The van der Waals surface area contributed by atoms with Crippen LogP contribution in [-0.2, 0) is 16.0 Å². The molecule has 1 aliphatic rings. The molecule has 1 aromatic heterocycles. The number of carbonyl (C=O) groups is 2. The van der Waals surface area contributed by atoms with Crippen molar-refractivity contribution >= 4 is 22.8 Å². The molecule has 8 nitrogen and oxygen atoms in total. The normalized spacial score (nSPS) is 15.3. The van der Waals surface area contributed by atoms with Gasteiger partial charge in [-0.3, -0.25) is 14.2 Å². The highest BCUT2D eigenvalue weighted by Crippen LogP contribution is 2.26. The maximum Gasteiger partial charge on any atom is 0.326 e. The van der Waals surface area contributed by atoms with E-state index in [0.29, 0.717) is 32.4 Å². The van der Waals surface area contributed by atoms with Gasteiger partial charge in [0, 0.05) is 25.6 Å². The van der Waals surface area contributed by atoms with Crippen LogP contribution in [0.15, 0.2) is 83.7 Å². The molecular weight excluding hydrogens is 490 g/mol. The minimum Gasteiger partial charge on any atom is -0.342 e. The number of para-hydroxylation sites is 2. The van der Waals surface area contributed by atoms with Crippen molar-refractivity contribution in [1.29, 1.82) is 0 Å². The second kappa shape index (κ2) is 10.9. The maximum atomic E-state index is 13.7. The van der Waals surface area contributed by atoms with E-state index in [4.69, 9.17) is 5.73 Å². The summed E-state index contributed by atoms with van der Waals surface area (Å²) in [5.41, 5.74) is 9.64. The van der Waals surface area contributed by atoms with E-state index in [9.17, 15) is 14.4 Å². The van der Waals surface area contributed by atoms with Crippen LogP contribution in [0.1, 0.15) is 38.3 Å². The highest BCUT2D eigenvalue weighted by atomic mass is 16.2. The summed E-state index contributed by atoms with van der Waals surface area (Å²) in [6, 6.07) is 25.1. The van der Waals surface area contributed by atoms with Crippen molar-refractivity contribution in [2.24, 2.45) is 5.73 Å². The third kappa shape index (κ3) is 5.81. The SMILES string of the molecule is CC(C)(N)C(=O)NC(Cc1ccc(-c2ccccc2)cc1)C(=O)N1CCC(n2c(=O)[nH]c3ccccc32)CC1. The summed E-state index contributed by atoms with van der Waals surface area (Å²) < 4.78 is 1.81. The number of benzene rings is 3. The van der Waals surface area contributed by atoms with E-state index < -0.39 is 11.6 Å². The van der Waals surface area contributed by atoms with Gasteiger partial charge in [0.1, 0.15) is 6.04 Å². The smallest absolute Gasteiger partial charge is 0.326 e. The van der Waals surface area contributed by atoms with Crippen molar-refractivity contribution in [3.8, 4) is 11.1 Å². The molecule has 1 saturated heterocycles. The van der Waals surface area contributed by atoms with Gasteiger partial charge in [-0.25, -0.2) is 4.79 Å². The number of hydrogen-bond acceptors (Lipinski definition) is 4. The van der Waals surface area contributed by atoms with Crippen LogP contribution in [0, 0.1) is 0 Å². The van der Waals surface area contributed by atoms with E-state index in [1.807, 2.05) is 71.3 Å². The van der Waals surface area contributed by atoms with Gasteiger partial charge in [-0.15, -0.1) is 0 Å². The molecule has 2 amide bonds. The second-order valence-corrected chi connectivity index (χ2v) is 10.9. The minimum atomic E-state index is -1.11. The van der Waals surface area contributed by atoms with Crippen molar-refractivity contribution in [2.45, 2.75) is 50.7 Å². The first-order valence-corrected chi connectivity index (χ1v) is 13.4. The number of H-pyrrole nitrogens is 1. The Morgan fingerprint density at radius 2 is 1.56 bits per heavy atom. The number of likely N-dealkylation sites (tertiary alicyclic amines) is 1. The Labute approximate surface area is 227 Å². The first-order valence-electron chi connectivity index (χ1n) is 13.4. The van der Waals surface area contributed by atoms with Crippen molar-refractivity contribution in [3.63, 3.8) is 0 Å². The number of rotatable bonds is 7. The topological polar surface area (TPSA) is 113 Å². The van der Waals surface area contributed by atoms with Crippen molar-refractivity contribution < 1.29 is 9.59 Å². The van der Waals surface area contributed by atoms with Gasteiger partial charge in [-0.2, -0.15) is 0 Å². The van der Waals surface area contributed by atoms with E-state index >= 15 is 0 Å². The quantitative estimate of drug-likeness (QED) is 0.342. The third-order valence-corrected chi connectivity index (χ3v) is 7.45. The van der Waals surface area contributed by atoms with Crippen LogP contribution < -0.4 is 16.7 Å². The van der Waals surface area contributed by atoms with E-state index in [2.05, 4.69) is 22.4 Å². The molecule has 202 valence electrons. The minimum absolute atomic E-state index is 0.000697. The first-order chi connectivity index (χ1) is 18.7. The number of nitrogens with zero attached hydrogens (tertiary/aromatic N) is 2. The van der Waals surface area contributed by atoms with Crippen LogP contribution in [0.4, 0.5) is 0 Å². The molecule has 4 aromatic rings. The third-order valence-electron chi connectivity index (χ3n) is 7.45. The number of nitrogens with two attached hydrogens (primary N) is 1. The summed E-state index contributed by atoms with van der Waals surface area (Å²) in [4.78, 5) is 43.9. The van der Waals surface area contributed by atoms with E-state index in [-0.39, 0.29) is 23.5 Å². The molecule has 0 aliphatic carbocycles. The summed E-state index contributed by atoms with van der Waals surface area (Å²) in [6.45, 7) is 4.26. The fraction of sp³-hybridized carbons (Fsp3) is 0.323. The number of fused-ring (bicyclic) bond motifs is 1. The number of aromatic amines is 1. The standard InChI is InChI=1S/C31H35N5O3/c1-31(2,32)29(38)33-26(20-21-12-14-23(15-13-21)22-8-4-3-5-9-22)28(37)35-18-16-24(17-19-35)36-27-11-7-6-10-25(27)34-30(36)39/h3-15,24,26H,16-20,32H2,1-2H3,(H,33,38)(H,34,39). The molecule has 1 atom stereocenters. The van der Waals surface area contributed by atoms with Crippen molar-refractivity contribution in [2.75, 3.05) is 13.1 Å². The Balaban J connectivity index is 1.31. The zero-order valence-corrected chi connectivity index (χ0v) is 22.4. The number of aromatic nitrogens is 2. The molecule has 0 saturated carbocycles. The number of piperidine rings is 1. The summed E-state index contributed by atoms with van der Waals surface area (Å²) in [6.07, 6.45) is 1.67. The maximum absolute atomic E-state index is 13.7. The fourth-order valence-electron chi connectivity index (χ4n) is 5.25. The molecule has 1 aliphatic heterocycles. The predicted octanol–water partition coefficient (Wildman–Crippen LogP) is 3.62. The van der Waals surface area contributed by atoms with Gasteiger partial charge < -0.3 is 20.9 Å². The molecule has 8 heteroatoms. The molecule has 3 aromatic carbocycles. The van der Waals surface area contributed by atoms with E-state index in [1.165, 1.54) is 0 Å². The molecule has 0 bridgehead atoms. The van der Waals surface area contributed by atoms with Crippen LogP contribution in [-0.4, -0.2) is 50.9 Å². The highest BCUT2D eigenvalue weighted by molar-refractivity contribution is 5.91. The molecule has 0 radical (unpaired) electrons. The van der Waals surface area contributed by atoms with E-state index in [0.717, 1.165) is 27.7 Å². The molecule has 5 rings (SSSR count). The summed E-state index contributed by atoms with van der Waals surface area (Å²) in [5, 5.41) is 2.91. The number of nitrogens with one attached hydrogen (secondary N) is 2. The average molecular weight is 526 g/mol. The lowest BCUT2D eigenvalue weighted by Gasteiger charge is -2.35. The molecule has 39 heavy (non-hydrogen) atoms. The number of hydrogen-bond donors (Lipinski definition) is 3. The molecule has 4 N–H and O–H groups in total. The van der Waals surface area contributed by atoms with Crippen molar-refractivity contribution in [1.82, 2.24) is 19.8 Å². The lowest BCUT2D eigenvalue weighted by molar-refractivity contribution is -0.138. The lowest BCUT2D eigenvalue weighted by atomic mass is 9.97. The number of carbonyl (C=O) groups excluding carboxylic acids is 2. The average Bonchev–Trinajstić information content (AvgIpc) is 3.28. The Morgan fingerprint density at radius 1 is 0.949 bits per heavy atom. The van der Waals surface area contributed by atoms with Gasteiger partial charge in [-0.05, 0) is 55.5 Å². The fourth-order valence-corrected chi connectivity index (χ4v) is 5.25. The molecule has 2 heterocycles. The van der Waals surface area contributed by atoms with Crippen LogP contribution in [0.5, 0.6) is 0 Å². The van der Waals surface area contributed by atoms with Crippen LogP contribution in [0.2, 0.25) is 0 Å². The van der Waals surface area contributed by atoms with Gasteiger partial charge in [0.05, 0.1) is 16.6 Å². The van der Waals surface area contributed by atoms with Crippen LogP contribution in [0.3, 0.4) is 0 Å². The predicted molar refractivity (Wildman–Crippen MR) is 153 cm³/mol. The molecule has 1 fully saturated rings. The zero-order valence-electron chi connectivity index (χ0n) is 22.4. The zero-order chi connectivity index (χ0) is 27.6. The Hall–Kier alpha value is -4.17. The van der Waals surface area contributed by atoms with Crippen LogP contribution >= 0.6 is 0 Å². The first kappa shape index (κ1) is 26.4. The van der Waals surface area contributed by atoms with Crippen molar-refractivity contribution in [3.05, 3.63) is 94.9 Å². The summed E-state index contributed by atoms with van der Waals surface area (Å²) in [7, 11) is 0. The number of amides is 2. The highest BCUT2D eigenvalue weighted by Gasteiger charge is 2.33. The van der Waals surface area contributed by atoms with Crippen LogP contribution in [0.25, 0.3) is 22.2 Å². The second-order valence-electron chi connectivity index (χ2n) is 10.9. The Bertz CT molecular complexity index is 1510. The molecule has 1 unspecified atom stereocenters. The van der Waals surface area contributed by atoms with Gasteiger partial charge in [-0.1, -0.05) is 66.7 Å². The van der Waals surface area contributed by atoms with Gasteiger partial charge in [0.15, 0.2) is 0 Å².